The van der Waals surface area contributed by atoms with Gasteiger partial charge in [-0.1, -0.05) is 49.2 Å². The van der Waals surface area contributed by atoms with Crippen LogP contribution in [0.5, 0.6) is 5.75 Å². The van der Waals surface area contributed by atoms with Crippen molar-refractivity contribution < 1.29 is 47.0 Å². The number of nitrogens with zero attached hydrogens (tertiary/aromatic N) is 2. The number of benzene rings is 2. The van der Waals surface area contributed by atoms with Gasteiger partial charge in [0.1, 0.15) is 24.4 Å². The van der Waals surface area contributed by atoms with Crippen LogP contribution in [0.1, 0.15) is 55.5 Å². The van der Waals surface area contributed by atoms with Crippen molar-refractivity contribution in [2.45, 2.75) is 59.7 Å². The average Bonchev–Trinajstić information content (AvgIpc) is 2.81. The van der Waals surface area contributed by atoms with Crippen molar-refractivity contribution in [1.82, 2.24) is 4.98 Å². The van der Waals surface area contributed by atoms with E-state index in [2.05, 4.69) is 64.4 Å². The second kappa shape index (κ2) is 14.4. The Morgan fingerprint density at radius 3 is 2.33 bits per heavy atom. The monoisotopic (exact) mass is 565 g/mol. The van der Waals surface area contributed by atoms with E-state index < -0.39 is 6.10 Å². The van der Waals surface area contributed by atoms with Gasteiger partial charge in [0.25, 0.3) is 0 Å². The third kappa shape index (κ3) is 7.48. The minimum absolute atomic E-state index is 0. The van der Waals surface area contributed by atoms with Gasteiger partial charge in [0.15, 0.2) is 0 Å². The summed E-state index contributed by atoms with van der Waals surface area (Å²) in [6.45, 7) is 17.8. The summed E-state index contributed by atoms with van der Waals surface area (Å²) < 4.78 is 6.26. The standard InChI is InChI=1S/C30H41N2O2.CH3.Y/c1-8-14-32(19-21(3)9-2,20-25-16-22(4)15-23(5)17-25)24(6)30(33)27-12-13-31-29-11-10-26(34-7)18-28(27)29;;/h9-13,15-18,21,24,30,33H,2,8,14,19-20H2,1,3-7H3;1H3;/q+1;-1;. The molecule has 2 aromatic carbocycles. The van der Waals surface area contributed by atoms with Crippen molar-refractivity contribution >= 4 is 10.9 Å². The maximum atomic E-state index is 11.9. The van der Waals surface area contributed by atoms with E-state index >= 15 is 0 Å². The van der Waals surface area contributed by atoms with Gasteiger partial charge in [-0.05, 0) is 57.0 Å². The van der Waals surface area contributed by atoms with Crippen LogP contribution in [0.25, 0.3) is 10.9 Å². The molecule has 4 unspecified atom stereocenters. The maximum Gasteiger partial charge on any atom is 0.131 e. The molecule has 5 heteroatoms. The van der Waals surface area contributed by atoms with Gasteiger partial charge in [0.05, 0.1) is 25.7 Å². The van der Waals surface area contributed by atoms with Gasteiger partial charge in [0.2, 0.25) is 0 Å². The smallest absolute Gasteiger partial charge is 0.131 e. The summed E-state index contributed by atoms with van der Waals surface area (Å²) in [5, 5.41) is 12.8. The van der Waals surface area contributed by atoms with E-state index in [0.29, 0.717) is 5.92 Å². The Morgan fingerprint density at radius 2 is 1.75 bits per heavy atom. The zero-order valence-electron chi connectivity index (χ0n) is 23.3. The number of pyridine rings is 1. The van der Waals surface area contributed by atoms with Crippen LogP contribution < -0.4 is 4.74 Å². The number of rotatable bonds is 11. The molecule has 3 aromatic rings. The molecule has 1 aromatic heterocycles. The molecule has 0 aliphatic rings. The molecule has 36 heavy (non-hydrogen) atoms. The van der Waals surface area contributed by atoms with Crippen LogP contribution in [0.4, 0.5) is 0 Å². The number of aliphatic hydroxyl groups is 1. The zero-order valence-corrected chi connectivity index (χ0v) is 26.1. The van der Waals surface area contributed by atoms with E-state index in [1.807, 2.05) is 30.3 Å². The number of ether oxygens (including phenoxy) is 1. The molecule has 3 rings (SSSR count). The fourth-order valence-corrected chi connectivity index (χ4v) is 5.46. The van der Waals surface area contributed by atoms with E-state index in [1.54, 1.807) is 13.3 Å². The molecule has 0 saturated carbocycles. The first kappa shape index (κ1) is 32.4. The summed E-state index contributed by atoms with van der Waals surface area (Å²) in [6.07, 6.45) is 4.23. The third-order valence-electron chi connectivity index (χ3n) is 7.12. The fraction of sp³-hybridized carbons (Fsp3) is 0.419. The molecule has 0 amide bonds. The van der Waals surface area contributed by atoms with Gasteiger partial charge in [-0.3, -0.25) is 4.98 Å². The maximum absolute atomic E-state index is 11.9. The summed E-state index contributed by atoms with van der Waals surface area (Å²) in [4.78, 5) is 4.52. The molecule has 0 spiro atoms. The van der Waals surface area contributed by atoms with Crippen LogP contribution in [0.2, 0.25) is 0 Å². The normalized spacial score (nSPS) is 15.1. The first-order valence-corrected chi connectivity index (χ1v) is 12.4. The van der Waals surface area contributed by atoms with Crippen LogP contribution in [0, 0.1) is 27.2 Å². The molecule has 1 radical (unpaired) electrons. The quantitative estimate of drug-likeness (QED) is 0.155. The molecule has 1 heterocycles. The molecule has 4 atom stereocenters. The number of hydrogen-bond acceptors (Lipinski definition) is 3. The SMILES string of the molecule is C=CC(C)C[N+](CCC)(Cc1cc(C)cc(C)c1)C(C)C(O)c1ccnc2ccc(OC)cc12.[CH3-].[Y]. The first-order valence-electron chi connectivity index (χ1n) is 12.4. The molecular formula is C31H44N2O2Y. The summed E-state index contributed by atoms with van der Waals surface area (Å²) in [6, 6.07) is 14.6. The van der Waals surface area contributed by atoms with Crippen molar-refractivity contribution in [3.63, 3.8) is 0 Å². The van der Waals surface area contributed by atoms with Crippen molar-refractivity contribution in [1.29, 1.82) is 0 Å². The molecule has 193 valence electrons. The third-order valence-corrected chi connectivity index (χ3v) is 7.12. The van der Waals surface area contributed by atoms with Crippen LogP contribution in [0.3, 0.4) is 0 Å². The van der Waals surface area contributed by atoms with Crippen LogP contribution in [-0.2, 0) is 39.3 Å². The van der Waals surface area contributed by atoms with Crippen molar-refractivity contribution in [2.24, 2.45) is 5.92 Å². The van der Waals surface area contributed by atoms with Crippen molar-refractivity contribution in [2.75, 3.05) is 20.2 Å². The van der Waals surface area contributed by atoms with Crippen LogP contribution in [-0.4, -0.2) is 40.8 Å². The predicted octanol–water partition coefficient (Wildman–Crippen LogP) is 6.98. The van der Waals surface area contributed by atoms with Gasteiger partial charge in [-0.15, -0.1) is 6.58 Å². The Hall–Kier alpha value is -1.59. The largest absolute Gasteiger partial charge is 0.497 e. The second-order valence-electron chi connectivity index (χ2n) is 9.96. The van der Waals surface area contributed by atoms with E-state index in [1.165, 1.54) is 16.7 Å². The molecule has 4 nitrogen and oxygen atoms in total. The van der Waals surface area contributed by atoms with E-state index in [9.17, 15) is 5.11 Å². The summed E-state index contributed by atoms with van der Waals surface area (Å²) in [5.74, 6) is 1.10. The van der Waals surface area contributed by atoms with E-state index in [4.69, 9.17) is 4.74 Å². The Labute approximate surface area is 244 Å². The predicted molar refractivity (Wildman–Crippen MR) is 148 cm³/mol. The molecule has 0 aliphatic carbocycles. The molecular weight excluding hydrogens is 521 g/mol. The van der Waals surface area contributed by atoms with Crippen LogP contribution >= 0.6 is 0 Å². The number of fused-ring (bicyclic) bond motifs is 1. The minimum atomic E-state index is -0.646. The van der Waals surface area contributed by atoms with Gasteiger partial charge >= 0.3 is 0 Å². The topological polar surface area (TPSA) is 42.4 Å². The van der Waals surface area contributed by atoms with Gasteiger partial charge in [-0.25, -0.2) is 0 Å². The van der Waals surface area contributed by atoms with Crippen molar-refractivity contribution in [3.8, 4) is 5.75 Å². The van der Waals surface area contributed by atoms with Crippen LogP contribution in [0.15, 0.2) is 61.3 Å². The number of quaternary nitrogens is 1. The number of hydrogen-bond donors (Lipinski definition) is 1. The molecule has 0 fully saturated rings. The van der Waals surface area contributed by atoms with E-state index in [-0.39, 0.29) is 46.2 Å². The summed E-state index contributed by atoms with van der Waals surface area (Å²) in [7, 11) is 1.67. The fourth-order valence-electron chi connectivity index (χ4n) is 5.46. The molecule has 0 aliphatic heterocycles. The Bertz CT molecular complexity index is 1110. The molecule has 0 saturated heterocycles. The minimum Gasteiger partial charge on any atom is -0.497 e. The summed E-state index contributed by atoms with van der Waals surface area (Å²) in [5.41, 5.74) is 5.65. The Balaban J connectivity index is 0.00000324. The Kier molecular flexibility index (Phi) is 13.0. The zero-order chi connectivity index (χ0) is 24.9. The van der Waals surface area contributed by atoms with Gasteiger partial charge in [0, 0.05) is 55.8 Å². The second-order valence-corrected chi connectivity index (χ2v) is 9.96. The first-order chi connectivity index (χ1) is 16.2. The number of aromatic nitrogens is 1. The van der Waals surface area contributed by atoms with Gasteiger partial charge in [-0.2, -0.15) is 0 Å². The van der Waals surface area contributed by atoms with Gasteiger partial charge < -0.3 is 21.8 Å². The van der Waals surface area contributed by atoms with Crippen molar-refractivity contribution in [3.05, 3.63) is 91.0 Å². The average molecular weight is 566 g/mol. The Morgan fingerprint density at radius 1 is 1.08 bits per heavy atom. The number of aryl methyl sites for hydroxylation is 2. The van der Waals surface area contributed by atoms with E-state index in [0.717, 1.165) is 52.8 Å². The molecule has 1 N–H and O–H groups in total. The summed E-state index contributed by atoms with van der Waals surface area (Å²) >= 11 is 0. The molecule has 0 bridgehead atoms. The number of aliphatic hydroxyl groups excluding tert-OH is 1. The number of methoxy groups -OCH3 is 1.